The van der Waals surface area contributed by atoms with Gasteiger partial charge in [0.2, 0.25) is 5.91 Å². The molecule has 2 atom stereocenters. The molecule has 2 aromatic rings. The summed E-state index contributed by atoms with van der Waals surface area (Å²) in [7, 11) is 0. The third-order valence-corrected chi connectivity index (χ3v) is 5.36. The molecule has 6 nitrogen and oxygen atoms in total. The van der Waals surface area contributed by atoms with Crippen LogP contribution < -0.4 is 11.1 Å². The van der Waals surface area contributed by atoms with Crippen molar-refractivity contribution < 1.29 is 31.5 Å². The van der Waals surface area contributed by atoms with E-state index in [4.69, 9.17) is 28.9 Å². The Bertz CT molecular complexity index is 1050. The number of halogens is 7. The van der Waals surface area contributed by atoms with Gasteiger partial charge in [-0.05, 0) is 18.2 Å². The van der Waals surface area contributed by atoms with Crippen LogP contribution in [0.15, 0.2) is 24.3 Å². The lowest BCUT2D eigenvalue weighted by Crippen LogP contribution is -2.60. The van der Waals surface area contributed by atoms with Gasteiger partial charge in [-0.25, -0.2) is 18.6 Å². The van der Waals surface area contributed by atoms with Gasteiger partial charge in [0.1, 0.15) is 22.7 Å². The van der Waals surface area contributed by atoms with Crippen LogP contribution in [0, 0.1) is 11.6 Å². The number of nitrogens with two attached hydrogens (primary N) is 1. The lowest BCUT2D eigenvalue weighted by atomic mass is 9.85. The number of primary amides is 1. The van der Waals surface area contributed by atoms with E-state index in [1.165, 1.54) is 0 Å². The summed E-state index contributed by atoms with van der Waals surface area (Å²) in [5.74, 6) is -4.87. The second kappa shape index (κ2) is 8.46. The molecule has 0 saturated carbocycles. The molecule has 166 valence electrons. The van der Waals surface area contributed by atoms with Crippen LogP contribution in [0.2, 0.25) is 10.0 Å². The Morgan fingerprint density at radius 1 is 1.23 bits per heavy atom. The summed E-state index contributed by atoms with van der Waals surface area (Å²) in [6.45, 7) is -0.0853. The Balaban J connectivity index is 2.29. The topological polar surface area (TPSA) is 88.3 Å². The van der Waals surface area contributed by atoms with Gasteiger partial charge in [0.15, 0.2) is 5.69 Å². The molecule has 1 aromatic carbocycles. The zero-order chi connectivity index (χ0) is 23.1. The number of nitrogens with one attached hydrogen (secondary N) is 1. The molecular weight excluding hydrogens is 470 g/mol. The maximum Gasteiger partial charge on any atom is 0.434 e. The Labute approximate surface area is 182 Å². The average molecular weight is 483 g/mol. The van der Waals surface area contributed by atoms with Crippen LogP contribution >= 0.6 is 23.2 Å². The first-order valence-electron chi connectivity index (χ1n) is 8.64. The summed E-state index contributed by atoms with van der Waals surface area (Å²) < 4.78 is 68.7. The first-order chi connectivity index (χ1) is 14.4. The van der Waals surface area contributed by atoms with Gasteiger partial charge in [0, 0.05) is 18.7 Å². The molecule has 1 fully saturated rings. The van der Waals surface area contributed by atoms with Gasteiger partial charge >= 0.3 is 12.2 Å². The van der Waals surface area contributed by atoms with Gasteiger partial charge in [-0.2, -0.15) is 13.2 Å². The second-order valence-electron chi connectivity index (χ2n) is 6.57. The number of hydrogen-bond acceptors (Lipinski definition) is 3. The number of hydrogen-bond donors (Lipinski definition) is 2. The molecule has 0 spiro atoms. The Kier molecular flexibility index (Phi) is 6.28. The normalized spacial score (nSPS) is 18.0. The SMILES string of the molecule is NC(=O)N1CCNC(=O)C1[C@H](c1ccc(Cl)c(C(F)(F)F)n1)c1ccc(F)c(Cl)c1F. The maximum atomic E-state index is 14.9. The van der Waals surface area contributed by atoms with Crippen molar-refractivity contribution in [2.75, 3.05) is 13.1 Å². The number of carbonyl (C=O) groups is 2. The molecule has 1 aromatic heterocycles. The van der Waals surface area contributed by atoms with Crippen molar-refractivity contribution in [1.29, 1.82) is 0 Å². The number of urea groups is 1. The second-order valence-corrected chi connectivity index (χ2v) is 7.36. The van der Waals surface area contributed by atoms with Gasteiger partial charge < -0.3 is 16.0 Å². The summed E-state index contributed by atoms with van der Waals surface area (Å²) in [6.07, 6.45) is -4.96. The van der Waals surface area contributed by atoms with Crippen LogP contribution in [0.5, 0.6) is 0 Å². The van der Waals surface area contributed by atoms with Crippen molar-refractivity contribution in [1.82, 2.24) is 15.2 Å². The summed E-state index contributed by atoms with van der Waals surface area (Å²) in [4.78, 5) is 28.9. The molecular formula is C18H13Cl2F5N4O2. The summed E-state index contributed by atoms with van der Waals surface area (Å²) >= 11 is 11.3. The number of carbonyl (C=O) groups excluding carboxylic acids is 2. The highest BCUT2D eigenvalue weighted by molar-refractivity contribution is 6.31. The number of rotatable bonds is 3. The summed E-state index contributed by atoms with van der Waals surface area (Å²) in [6, 6.07) is 0.952. The van der Waals surface area contributed by atoms with Crippen molar-refractivity contribution in [3.8, 4) is 0 Å². The Morgan fingerprint density at radius 3 is 2.52 bits per heavy atom. The molecule has 0 bridgehead atoms. The van der Waals surface area contributed by atoms with E-state index in [2.05, 4.69) is 10.3 Å². The molecule has 13 heteroatoms. The van der Waals surface area contributed by atoms with Crippen LogP contribution in [-0.4, -0.2) is 41.0 Å². The largest absolute Gasteiger partial charge is 0.434 e. The van der Waals surface area contributed by atoms with Crippen LogP contribution in [-0.2, 0) is 11.0 Å². The molecule has 1 aliphatic rings. The van der Waals surface area contributed by atoms with Crippen molar-refractivity contribution in [3.63, 3.8) is 0 Å². The number of alkyl halides is 3. The van der Waals surface area contributed by atoms with Crippen molar-refractivity contribution >= 4 is 35.1 Å². The smallest absolute Gasteiger partial charge is 0.352 e. The van der Waals surface area contributed by atoms with E-state index in [9.17, 15) is 31.5 Å². The monoisotopic (exact) mass is 482 g/mol. The molecule has 1 unspecified atom stereocenters. The van der Waals surface area contributed by atoms with Gasteiger partial charge in [-0.3, -0.25) is 4.79 Å². The fourth-order valence-electron chi connectivity index (χ4n) is 3.36. The zero-order valence-corrected chi connectivity index (χ0v) is 16.8. The fraction of sp³-hybridized carbons (Fsp3) is 0.278. The van der Waals surface area contributed by atoms with E-state index < -0.39 is 68.7 Å². The molecule has 3 rings (SSSR count). The van der Waals surface area contributed by atoms with Crippen LogP contribution in [0.25, 0.3) is 0 Å². The van der Waals surface area contributed by atoms with Crippen LogP contribution in [0.1, 0.15) is 22.9 Å². The average Bonchev–Trinajstić information content (AvgIpc) is 2.69. The van der Waals surface area contributed by atoms with E-state index in [1.807, 2.05) is 0 Å². The highest BCUT2D eigenvalue weighted by Crippen LogP contribution is 2.39. The molecule has 0 radical (unpaired) electrons. The molecule has 0 aliphatic carbocycles. The first-order valence-corrected chi connectivity index (χ1v) is 9.40. The third kappa shape index (κ3) is 4.38. The minimum absolute atomic E-state index is 0.0134. The van der Waals surface area contributed by atoms with Gasteiger partial charge in [0.05, 0.1) is 16.6 Å². The number of pyridine rings is 1. The Hall–Kier alpha value is -2.66. The van der Waals surface area contributed by atoms with Gasteiger partial charge in [0.25, 0.3) is 0 Å². The first kappa shape index (κ1) is 23.0. The number of nitrogens with zero attached hydrogens (tertiary/aromatic N) is 2. The van der Waals surface area contributed by atoms with Crippen LogP contribution in [0.4, 0.5) is 26.7 Å². The van der Waals surface area contributed by atoms with Crippen molar-refractivity contribution in [2.45, 2.75) is 18.1 Å². The number of aromatic nitrogens is 1. The van der Waals surface area contributed by atoms with Crippen molar-refractivity contribution in [2.24, 2.45) is 5.73 Å². The number of benzene rings is 1. The van der Waals surface area contributed by atoms with E-state index >= 15 is 0 Å². The quantitative estimate of drug-likeness (QED) is 0.516. The van der Waals surface area contributed by atoms with E-state index in [1.54, 1.807) is 0 Å². The zero-order valence-electron chi connectivity index (χ0n) is 15.3. The Morgan fingerprint density at radius 2 is 1.90 bits per heavy atom. The van der Waals surface area contributed by atoms with E-state index in [-0.39, 0.29) is 13.1 Å². The highest BCUT2D eigenvalue weighted by Gasteiger charge is 2.43. The summed E-state index contributed by atoms with van der Waals surface area (Å²) in [5, 5.41) is 0.780. The van der Waals surface area contributed by atoms with E-state index in [0.717, 1.165) is 29.2 Å². The standard InChI is InChI=1S/C18H13Cl2F5N4O2/c19-8-2-4-10(28-15(8)18(23,24)25)11(7-1-3-9(21)12(20)13(7)22)14-16(30)27-5-6-29(14)17(26)31/h1-4,11,14H,5-6H2,(H2,26,31)(H,27,30)/t11-,14?/m0/s1. The molecule has 2 heterocycles. The number of piperazine rings is 1. The molecule has 1 aliphatic heterocycles. The number of amides is 3. The van der Waals surface area contributed by atoms with E-state index in [0.29, 0.717) is 0 Å². The molecule has 31 heavy (non-hydrogen) atoms. The minimum atomic E-state index is -4.96. The van der Waals surface area contributed by atoms with Crippen LogP contribution in [0.3, 0.4) is 0 Å². The predicted molar refractivity (Wildman–Crippen MR) is 101 cm³/mol. The third-order valence-electron chi connectivity index (χ3n) is 4.71. The predicted octanol–water partition coefficient (Wildman–Crippen LogP) is 3.70. The maximum absolute atomic E-state index is 14.9. The summed E-state index contributed by atoms with van der Waals surface area (Å²) in [5.41, 5.74) is 2.95. The van der Waals surface area contributed by atoms with Crippen molar-refractivity contribution in [3.05, 3.63) is 62.9 Å². The highest BCUT2D eigenvalue weighted by atomic mass is 35.5. The minimum Gasteiger partial charge on any atom is -0.352 e. The lowest BCUT2D eigenvalue weighted by Gasteiger charge is -2.38. The molecule has 3 N–H and O–H groups in total. The molecule has 3 amide bonds. The lowest BCUT2D eigenvalue weighted by molar-refractivity contribution is -0.141. The fourth-order valence-corrected chi connectivity index (χ4v) is 3.75. The van der Waals surface area contributed by atoms with Gasteiger partial charge in [-0.1, -0.05) is 29.3 Å². The van der Waals surface area contributed by atoms with Gasteiger partial charge in [-0.15, -0.1) is 0 Å². The molecule has 1 saturated heterocycles.